The van der Waals surface area contributed by atoms with Crippen LogP contribution in [0.4, 0.5) is 0 Å². The van der Waals surface area contributed by atoms with Crippen molar-refractivity contribution in [2.75, 3.05) is 40.0 Å². The van der Waals surface area contributed by atoms with Gasteiger partial charge in [-0.05, 0) is 18.9 Å². The Kier molecular flexibility index (Phi) is 4.64. The highest BCUT2D eigenvalue weighted by molar-refractivity contribution is 5.84. The summed E-state index contributed by atoms with van der Waals surface area (Å²) in [6.45, 7) is 3.64. The molecule has 1 aliphatic heterocycles. The summed E-state index contributed by atoms with van der Waals surface area (Å²) in [7, 11) is 1.68. The number of rotatable bonds is 7. The van der Waals surface area contributed by atoms with Crippen LogP contribution in [0.1, 0.15) is 18.4 Å². The van der Waals surface area contributed by atoms with Crippen LogP contribution in [0.5, 0.6) is 5.75 Å². The van der Waals surface area contributed by atoms with E-state index in [-0.39, 0.29) is 17.2 Å². The molecule has 2 aliphatic rings. The molecular weight excluding hydrogens is 280 g/mol. The molecule has 5 nitrogen and oxygen atoms in total. The van der Waals surface area contributed by atoms with Crippen LogP contribution in [0.3, 0.4) is 0 Å². The number of carbonyl (C=O) groups excluding carboxylic acids is 1. The second-order valence-electron chi connectivity index (χ2n) is 6.04. The van der Waals surface area contributed by atoms with E-state index < -0.39 is 0 Å². The first-order valence-corrected chi connectivity index (χ1v) is 7.97. The Bertz CT molecular complexity index is 534. The first-order valence-electron chi connectivity index (χ1n) is 7.97. The van der Waals surface area contributed by atoms with Crippen LogP contribution >= 0.6 is 0 Å². The summed E-state index contributed by atoms with van der Waals surface area (Å²) in [4.78, 5) is 12.4. The monoisotopic (exact) mass is 304 g/mol. The maximum absolute atomic E-state index is 12.4. The standard InChI is InChI=1S/C17H24N2O3/c1-21-11-9-18-7-8-19-16(20)14-12-17(14)6-10-22-15-5-3-2-4-13(15)17/h2-5,14,18H,6-12H2,1H3,(H,19,20). The van der Waals surface area contributed by atoms with Gasteiger partial charge in [-0.1, -0.05) is 18.2 Å². The number of amides is 1. The maximum Gasteiger partial charge on any atom is 0.224 e. The van der Waals surface area contributed by atoms with E-state index in [1.54, 1.807) is 7.11 Å². The summed E-state index contributed by atoms with van der Waals surface area (Å²) in [6.07, 6.45) is 1.88. The Balaban J connectivity index is 1.50. The number of para-hydroxylation sites is 1. The van der Waals surface area contributed by atoms with Crippen LogP contribution in [0.15, 0.2) is 24.3 Å². The lowest BCUT2D eigenvalue weighted by atomic mass is 9.87. The van der Waals surface area contributed by atoms with E-state index in [0.717, 1.165) is 31.7 Å². The largest absolute Gasteiger partial charge is 0.493 e. The van der Waals surface area contributed by atoms with Gasteiger partial charge in [-0.15, -0.1) is 0 Å². The Labute approximate surface area is 131 Å². The Morgan fingerprint density at radius 3 is 3.09 bits per heavy atom. The van der Waals surface area contributed by atoms with E-state index >= 15 is 0 Å². The average Bonchev–Trinajstić information content (AvgIpc) is 3.26. The molecule has 1 saturated carbocycles. The fourth-order valence-electron chi connectivity index (χ4n) is 3.40. The van der Waals surface area contributed by atoms with Crippen molar-refractivity contribution in [1.82, 2.24) is 10.6 Å². The molecule has 3 rings (SSSR count). The zero-order valence-corrected chi connectivity index (χ0v) is 13.1. The fraction of sp³-hybridized carbons (Fsp3) is 0.588. The molecule has 2 atom stereocenters. The van der Waals surface area contributed by atoms with Crippen LogP contribution in [0, 0.1) is 5.92 Å². The normalized spacial score (nSPS) is 25.4. The maximum atomic E-state index is 12.4. The second-order valence-corrected chi connectivity index (χ2v) is 6.04. The zero-order chi connectivity index (χ0) is 15.4. The molecule has 5 heteroatoms. The van der Waals surface area contributed by atoms with Gasteiger partial charge >= 0.3 is 0 Å². The van der Waals surface area contributed by atoms with Gasteiger partial charge in [-0.3, -0.25) is 4.79 Å². The van der Waals surface area contributed by atoms with E-state index in [0.29, 0.717) is 19.8 Å². The van der Waals surface area contributed by atoms with Crippen LogP contribution in [0.2, 0.25) is 0 Å². The Morgan fingerprint density at radius 1 is 1.36 bits per heavy atom. The number of hydrogen-bond acceptors (Lipinski definition) is 4. The molecule has 22 heavy (non-hydrogen) atoms. The molecule has 0 radical (unpaired) electrons. The lowest BCUT2D eigenvalue weighted by Gasteiger charge is -2.26. The highest BCUT2D eigenvalue weighted by Crippen LogP contribution is 2.60. The van der Waals surface area contributed by atoms with Gasteiger partial charge in [-0.25, -0.2) is 0 Å². The number of carbonyl (C=O) groups is 1. The number of ether oxygens (including phenoxy) is 2. The van der Waals surface area contributed by atoms with Gasteiger partial charge in [-0.2, -0.15) is 0 Å². The summed E-state index contributed by atoms with van der Waals surface area (Å²) >= 11 is 0. The molecule has 2 unspecified atom stereocenters. The van der Waals surface area contributed by atoms with Crippen molar-refractivity contribution in [3.8, 4) is 5.75 Å². The third-order valence-corrected chi connectivity index (χ3v) is 4.70. The van der Waals surface area contributed by atoms with Crippen molar-refractivity contribution in [3.63, 3.8) is 0 Å². The fourth-order valence-corrected chi connectivity index (χ4v) is 3.40. The molecule has 1 fully saturated rings. The number of methoxy groups -OCH3 is 1. The van der Waals surface area contributed by atoms with E-state index in [1.165, 1.54) is 5.56 Å². The average molecular weight is 304 g/mol. The molecule has 0 saturated heterocycles. The predicted molar refractivity (Wildman–Crippen MR) is 84.1 cm³/mol. The topological polar surface area (TPSA) is 59.6 Å². The van der Waals surface area contributed by atoms with E-state index in [9.17, 15) is 4.79 Å². The zero-order valence-electron chi connectivity index (χ0n) is 13.1. The minimum atomic E-state index is 0.0163. The van der Waals surface area contributed by atoms with Gasteiger partial charge < -0.3 is 20.1 Å². The summed E-state index contributed by atoms with van der Waals surface area (Å²) < 4.78 is 10.7. The van der Waals surface area contributed by atoms with Gasteiger partial charge in [0.1, 0.15) is 5.75 Å². The van der Waals surface area contributed by atoms with Crippen molar-refractivity contribution in [1.29, 1.82) is 0 Å². The number of benzene rings is 1. The smallest absolute Gasteiger partial charge is 0.224 e. The third-order valence-electron chi connectivity index (χ3n) is 4.70. The highest BCUT2D eigenvalue weighted by Gasteiger charge is 2.60. The molecule has 1 amide bonds. The van der Waals surface area contributed by atoms with Crippen molar-refractivity contribution in [2.45, 2.75) is 18.3 Å². The minimum Gasteiger partial charge on any atom is -0.493 e. The van der Waals surface area contributed by atoms with Crippen molar-refractivity contribution in [2.24, 2.45) is 5.92 Å². The summed E-state index contributed by atoms with van der Waals surface area (Å²) in [6, 6.07) is 8.13. The molecular formula is C17H24N2O3. The Morgan fingerprint density at radius 2 is 2.23 bits per heavy atom. The van der Waals surface area contributed by atoms with Gasteiger partial charge in [0.05, 0.1) is 13.2 Å². The minimum absolute atomic E-state index is 0.0163. The van der Waals surface area contributed by atoms with E-state index in [1.807, 2.05) is 18.2 Å². The molecule has 0 aromatic heterocycles. The molecule has 2 N–H and O–H groups in total. The molecule has 1 spiro atoms. The molecule has 1 aromatic carbocycles. The molecule has 1 aliphatic carbocycles. The van der Waals surface area contributed by atoms with Gasteiger partial charge in [0.15, 0.2) is 0 Å². The van der Waals surface area contributed by atoms with E-state index in [2.05, 4.69) is 16.7 Å². The second kappa shape index (κ2) is 6.67. The SMILES string of the molecule is COCCNCCNC(=O)C1CC12CCOc1ccccc12. The van der Waals surface area contributed by atoms with Crippen molar-refractivity contribution in [3.05, 3.63) is 29.8 Å². The van der Waals surface area contributed by atoms with Gasteiger partial charge in [0.25, 0.3) is 0 Å². The quantitative estimate of drug-likeness (QED) is 0.740. The van der Waals surface area contributed by atoms with Crippen LogP contribution in [-0.4, -0.2) is 45.9 Å². The first-order chi connectivity index (χ1) is 10.8. The number of nitrogens with one attached hydrogen (secondary N) is 2. The lowest BCUT2D eigenvalue weighted by Crippen LogP contribution is -2.36. The summed E-state index contributed by atoms with van der Waals surface area (Å²) in [5.74, 6) is 1.21. The van der Waals surface area contributed by atoms with Crippen molar-refractivity contribution >= 4 is 5.91 Å². The number of hydrogen-bond donors (Lipinski definition) is 2. The van der Waals surface area contributed by atoms with Crippen LogP contribution in [0.25, 0.3) is 0 Å². The van der Waals surface area contributed by atoms with Crippen molar-refractivity contribution < 1.29 is 14.3 Å². The lowest BCUT2D eigenvalue weighted by molar-refractivity contribution is -0.122. The molecule has 120 valence electrons. The summed E-state index contributed by atoms with van der Waals surface area (Å²) in [5.41, 5.74) is 1.22. The van der Waals surface area contributed by atoms with Gasteiger partial charge in [0, 0.05) is 43.6 Å². The molecule has 1 heterocycles. The predicted octanol–water partition coefficient (Wildman–Crippen LogP) is 1.08. The van der Waals surface area contributed by atoms with Gasteiger partial charge in [0.2, 0.25) is 5.91 Å². The number of fused-ring (bicyclic) bond motifs is 2. The molecule has 1 aromatic rings. The Hall–Kier alpha value is -1.59. The highest BCUT2D eigenvalue weighted by atomic mass is 16.5. The third kappa shape index (κ3) is 2.96. The first kappa shape index (κ1) is 15.3. The van der Waals surface area contributed by atoms with Crippen LogP contribution < -0.4 is 15.4 Å². The van der Waals surface area contributed by atoms with Crippen LogP contribution in [-0.2, 0) is 14.9 Å². The van der Waals surface area contributed by atoms with E-state index in [4.69, 9.17) is 9.47 Å². The summed E-state index contributed by atoms with van der Waals surface area (Å²) in [5, 5.41) is 6.27. The molecule has 0 bridgehead atoms.